The van der Waals surface area contributed by atoms with Gasteiger partial charge in [-0.2, -0.15) is 0 Å². The van der Waals surface area contributed by atoms with Gasteiger partial charge in [0, 0.05) is 12.8 Å². The molecular formula is C68H132N2O7P+. The number of ether oxygens (including phenoxy) is 1. The van der Waals surface area contributed by atoms with E-state index in [1.807, 2.05) is 33.3 Å². The van der Waals surface area contributed by atoms with Crippen LogP contribution >= 0.6 is 7.82 Å². The molecule has 1 amide bonds. The quantitative estimate of drug-likeness (QED) is 0.0205. The summed E-state index contributed by atoms with van der Waals surface area (Å²) in [5.41, 5.74) is 0. The molecule has 0 aromatic carbocycles. The average Bonchev–Trinajstić information content (AvgIpc) is 3.40. The first-order chi connectivity index (χ1) is 37.9. The molecule has 0 aliphatic carbocycles. The first kappa shape index (κ1) is 76.2. The second kappa shape index (κ2) is 58.4. The molecule has 3 unspecified atom stereocenters. The molecule has 460 valence electrons. The molecule has 0 heterocycles. The molecule has 0 saturated heterocycles. The second-order valence-electron chi connectivity index (χ2n) is 24.4. The van der Waals surface area contributed by atoms with Gasteiger partial charge in [-0.05, 0) is 63.9 Å². The summed E-state index contributed by atoms with van der Waals surface area (Å²) in [5.74, 6) is -0.487. The van der Waals surface area contributed by atoms with Crippen molar-refractivity contribution in [1.82, 2.24) is 5.32 Å². The summed E-state index contributed by atoms with van der Waals surface area (Å²) in [6.07, 6.45) is 71.5. The highest BCUT2D eigenvalue weighted by Gasteiger charge is 2.30. The predicted molar refractivity (Wildman–Crippen MR) is 337 cm³/mol. The zero-order valence-corrected chi connectivity index (χ0v) is 53.6. The van der Waals surface area contributed by atoms with Crippen LogP contribution in [0.5, 0.6) is 0 Å². The van der Waals surface area contributed by atoms with Gasteiger partial charge in [-0.3, -0.25) is 18.6 Å². The van der Waals surface area contributed by atoms with Crippen LogP contribution < -0.4 is 5.32 Å². The molecule has 0 radical (unpaired) electrons. The molecule has 0 aliphatic heterocycles. The van der Waals surface area contributed by atoms with Crippen LogP contribution in [0, 0.1) is 0 Å². The molecule has 0 aliphatic rings. The summed E-state index contributed by atoms with van der Waals surface area (Å²) in [4.78, 5) is 37.8. The number of quaternary nitrogens is 1. The third-order valence-electron chi connectivity index (χ3n) is 15.3. The third kappa shape index (κ3) is 58.9. The minimum Gasteiger partial charge on any atom is -0.456 e. The number of phosphoric ester groups is 1. The van der Waals surface area contributed by atoms with E-state index in [-0.39, 0.29) is 25.1 Å². The van der Waals surface area contributed by atoms with Gasteiger partial charge in [0.25, 0.3) is 0 Å². The Kier molecular flexibility index (Phi) is 57.1. The van der Waals surface area contributed by atoms with Gasteiger partial charge in [-0.1, -0.05) is 295 Å². The Balaban J connectivity index is 5.06. The number of unbranched alkanes of at least 4 members (excludes halogenated alkanes) is 42. The van der Waals surface area contributed by atoms with Gasteiger partial charge >= 0.3 is 13.8 Å². The number of nitrogens with one attached hydrogen (secondary N) is 1. The van der Waals surface area contributed by atoms with Crippen LogP contribution in [-0.4, -0.2) is 74.3 Å². The molecule has 0 aromatic rings. The number of esters is 1. The lowest BCUT2D eigenvalue weighted by molar-refractivity contribution is -0.870. The highest BCUT2D eigenvalue weighted by atomic mass is 31.2. The van der Waals surface area contributed by atoms with Crippen molar-refractivity contribution in [3.05, 3.63) is 36.5 Å². The van der Waals surface area contributed by atoms with Crippen molar-refractivity contribution < 1.29 is 37.3 Å². The smallest absolute Gasteiger partial charge is 0.456 e. The van der Waals surface area contributed by atoms with Gasteiger partial charge in [0.2, 0.25) is 5.91 Å². The monoisotopic (exact) mass is 1120 g/mol. The van der Waals surface area contributed by atoms with Crippen LogP contribution in [-0.2, 0) is 27.9 Å². The normalized spacial score (nSPS) is 13.8. The van der Waals surface area contributed by atoms with E-state index in [1.54, 1.807) is 0 Å². The summed E-state index contributed by atoms with van der Waals surface area (Å²) in [5, 5.41) is 3.07. The van der Waals surface area contributed by atoms with E-state index in [0.717, 1.165) is 64.2 Å². The van der Waals surface area contributed by atoms with Gasteiger partial charge in [-0.25, -0.2) is 4.57 Å². The highest BCUT2D eigenvalue weighted by Crippen LogP contribution is 2.43. The molecule has 0 rings (SSSR count). The second-order valence-corrected chi connectivity index (χ2v) is 25.8. The van der Waals surface area contributed by atoms with Crippen molar-refractivity contribution in [1.29, 1.82) is 0 Å². The molecule has 0 spiro atoms. The molecular weight excluding hydrogens is 988 g/mol. The number of carbonyl (C=O) groups excluding carboxylic acids is 2. The molecule has 0 fully saturated rings. The lowest BCUT2D eigenvalue weighted by Gasteiger charge is -2.27. The number of carbonyl (C=O) groups is 2. The summed E-state index contributed by atoms with van der Waals surface area (Å²) in [6, 6.07) is -0.843. The van der Waals surface area contributed by atoms with Crippen molar-refractivity contribution >= 4 is 19.7 Å². The van der Waals surface area contributed by atoms with Gasteiger partial charge < -0.3 is 19.4 Å². The van der Waals surface area contributed by atoms with E-state index in [4.69, 9.17) is 13.8 Å². The van der Waals surface area contributed by atoms with Crippen molar-refractivity contribution in [2.75, 3.05) is 40.9 Å². The topological polar surface area (TPSA) is 111 Å². The van der Waals surface area contributed by atoms with Crippen LogP contribution in [0.1, 0.15) is 335 Å². The fraction of sp³-hybridized carbons (Fsp3) is 0.882. The van der Waals surface area contributed by atoms with Crippen molar-refractivity contribution in [2.24, 2.45) is 0 Å². The molecule has 0 saturated carbocycles. The number of rotatable bonds is 62. The summed E-state index contributed by atoms with van der Waals surface area (Å²) in [6.45, 7) is 7.04. The molecule has 9 nitrogen and oxygen atoms in total. The van der Waals surface area contributed by atoms with Crippen LogP contribution in [0.25, 0.3) is 0 Å². The lowest BCUT2D eigenvalue weighted by atomic mass is 10.0. The maximum absolute atomic E-state index is 13.6. The van der Waals surface area contributed by atoms with E-state index < -0.39 is 20.0 Å². The minimum atomic E-state index is -4.45. The zero-order chi connectivity index (χ0) is 57.2. The zero-order valence-electron chi connectivity index (χ0n) is 52.7. The Morgan fingerprint density at radius 2 is 0.782 bits per heavy atom. The molecule has 2 N–H and O–H groups in total. The first-order valence-electron chi connectivity index (χ1n) is 33.8. The highest BCUT2D eigenvalue weighted by molar-refractivity contribution is 7.47. The van der Waals surface area contributed by atoms with Crippen molar-refractivity contribution in [3.63, 3.8) is 0 Å². The van der Waals surface area contributed by atoms with Gasteiger partial charge in [0.05, 0.1) is 33.8 Å². The Hall–Kier alpha value is -1.77. The standard InChI is InChI=1S/C68H131N2O7P/c1-7-10-13-16-19-22-25-28-30-31-32-33-34-35-36-37-38-39-40-43-46-49-52-55-58-61-68(72)77-66(59-56-53-50-47-44-41-27-24-21-18-15-12-9-3)65(64-76-78(73,74)75-63-62-70(4,5)6)69-67(71)60-57-54-51-48-45-42-29-26-23-20-17-14-11-8-2/h19,22,28,30,56,59,65-66H,7-18,20-21,23-27,29,31-55,57-58,60-64H2,1-6H3,(H-,69,71,73,74)/p+1/b22-19-,30-28-,59-56-. The van der Waals surface area contributed by atoms with E-state index >= 15 is 0 Å². The Labute approximate surface area is 485 Å². The van der Waals surface area contributed by atoms with Crippen LogP contribution in [0.15, 0.2) is 36.5 Å². The van der Waals surface area contributed by atoms with Crippen molar-refractivity contribution in [2.45, 2.75) is 348 Å². The van der Waals surface area contributed by atoms with E-state index in [9.17, 15) is 19.0 Å². The maximum Gasteiger partial charge on any atom is 0.472 e. The van der Waals surface area contributed by atoms with Gasteiger partial charge in [0.15, 0.2) is 0 Å². The lowest BCUT2D eigenvalue weighted by Crippen LogP contribution is -2.47. The number of likely N-dealkylation sites (N-methyl/N-ethyl adjacent to an activating group) is 1. The number of allylic oxidation sites excluding steroid dienone is 5. The van der Waals surface area contributed by atoms with E-state index in [0.29, 0.717) is 23.9 Å². The molecule has 0 bridgehead atoms. The predicted octanol–water partition coefficient (Wildman–Crippen LogP) is 21.1. The molecule has 10 heteroatoms. The third-order valence-corrected chi connectivity index (χ3v) is 16.3. The average molecular weight is 1120 g/mol. The number of nitrogens with zero attached hydrogens (tertiary/aromatic N) is 1. The number of hydrogen-bond acceptors (Lipinski definition) is 6. The van der Waals surface area contributed by atoms with Gasteiger partial charge in [-0.15, -0.1) is 0 Å². The van der Waals surface area contributed by atoms with Crippen LogP contribution in [0.3, 0.4) is 0 Å². The minimum absolute atomic E-state index is 0.0435. The van der Waals surface area contributed by atoms with Crippen LogP contribution in [0.2, 0.25) is 0 Å². The molecule has 78 heavy (non-hydrogen) atoms. The summed E-state index contributed by atoms with van der Waals surface area (Å²) < 4.78 is 30.8. The fourth-order valence-electron chi connectivity index (χ4n) is 10.1. The molecule has 0 aromatic heterocycles. The first-order valence-corrected chi connectivity index (χ1v) is 35.3. The summed E-state index contributed by atoms with van der Waals surface area (Å²) in [7, 11) is 1.51. The van der Waals surface area contributed by atoms with Crippen LogP contribution in [0.4, 0.5) is 0 Å². The number of hydrogen-bond donors (Lipinski definition) is 2. The largest absolute Gasteiger partial charge is 0.472 e. The van der Waals surface area contributed by atoms with E-state index in [2.05, 4.69) is 50.4 Å². The number of amides is 1. The van der Waals surface area contributed by atoms with Crippen molar-refractivity contribution in [3.8, 4) is 0 Å². The van der Waals surface area contributed by atoms with Gasteiger partial charge in [0.1, 0.15) is 19.3 Å². The fourth-order valence-corrected chi connectivity index (χ4v) is 10.8. The molecule has 3 atom stereocenters. The Morgan fingerprint density at radius 3 is 1.18 bits per heavy atom. The summed E-state index contributed by atoms with van der Waals surface area (Å²) >= 11 is 0. The SMILES string of the molecule is CCCCC/C=C\C/C=C\CCCCCCCCCCCCCCCCCC(=O)OC(/C=C\CCCCCCCCCCCCC)C(COP(=O)(O)OCC[N+](C)(C)C)NC(=O)CCCCCCCCCCCCCCCC. The van der Waals surface area contributed by atoms with E-state index in [1.165, 1.54) is 238 Å². The Bertz CT molecular complexity index is 1430. The Morgan fingerprint density at radius 1 is 0.449 bits per heavy atom. The number of phosphoric acid groups is 1. The maximum atomic E-state index is 13.6.